The molecule has 146 valence electrons. The van der Waals surface area contributed by atoms with Gasteiger partial charge in [-0.2, -0.15) is 0 Å². The van der Waals surface area contributed by atoms with Gasteiger partial charge in [0.1, 0.15) is 12.3 Å². The van der Waals surface area contributed by atoms with Crippen LogP contribution in [0.4, 0.5) is 0 Å². The number of rotatable bonds is 8. The van der Waals surface area contributed by atoms with Gasteiger partial charge in [-0.1, -0.05) is 24.3 Å². The summed E-state index contributed by atoms with van der Waals surface area (Å²) in [6, 6.07) is 13.7. The summed E-state index contributed by atoms with van der Waals surface area (Å²) in [6.45, 7) is 2.86. The summed E-state index contributed by atoms with van der Waals surface area (Å²) in [5, 5.41) is 8.02. The highest BCUT2D eigenvalue weighted by Gasteiger charge is 2.15. The van der Waals surface area contributed by atoms with Crippen LogP contribution >= 0.6 is 0 Å². The topological polar surface area (TPSA) is 103 Å². The number of hydrogen-bond donors (Lipinski definition) is 3. The quantitative estimate of drug-likeness (QED) is 0.599. The van der Waals surface area contributed by atoms with Gasteiger partial charge in [0, 0.05) is 5.56 Å². The lowest BCUT2D eigenvalue weighted by Crippen LogP contribution is -3.08. The van der Waals surface area contributed by atoms with E-state index in [2.05, 4.69) is 5.32 Å². The van der Waals surface area contributed by atoms with Crippen LogP contribution < -0.4 is 20.1 Å². The van der Waals surface area contributed by atoms with E-state index in [0.717, 1.165) is 21.8 Å². The second-order valence-corrected chi connectivity index (χ2v) is 8.13. The molecule has 0 fully saturated rings. The van der Waals surface area contributed by atoms with Crippen LogP contribution in [0.5, 0.6) is 5.75 Å². The number of ether oxygens (including phenoxy) is 1. The SMILES string of the molecule is COc1cccc(C[NH+](C)CC(=O)N[C@H](C)c2ccc(S(N)(=O)=O)cc2)c1. The van der Waals surface area contributed by atoms with Crippen molar-refractivity contribution in [2.75, 3.05) is 20.7 Å². The van der Waals surface area contributed by atoms with Crippen molar-refractivity contribution < 1.29 is 22.8 Å². The molecule has 0 aromatic heterocycles. The monoisotopic (exact) mass is 392 g/mol. The highest BCUT2D eigenvalue weighted by molar-refractivity contribution is 7.89. The van der Waals surface area contributed by atoms with Gasteiger partial charge in [-0.15, -0.1) is 0 Å². The maximum Gasteiger partial charge on any atom is 0.275 e. The molecule has 0 aliphatic heterocycles. The van der Waals surface area contributed by atoms with E-state index in [4.69, 9.17) is 9.88 Å². The third kappa shape index (κ3) is 6.35. The Kier molecular flexibility index (Phi) is 6.95. The number of likely N-dealkylation sites (N-methyl/N-ethyl adjacent to an activating group) is 1. The molecule has 0 saturated heterocycles. The minimum Gasteiger partial charge on any atom is -0.497 e. The number of primary sulfonamides is 1. The Labute approximate surface area is 160 Å². The molecule has 2 atom stereocenters. The van der Waals surface area contributed by atoms with Crippen molar-refractivity contribution in [2.24, 2.45) is 5.14 Å². The minimum atomic E-state index is -3.72. The first-order chi connectivity index (χ1) is 12.7. The fourth-order valence-electron chi connectivity index (χ4n) is 2.79. The summed E-state index contributed by atoms with van der Waals surface area (Å²) in [7, 11) is -0.145. The predicted octanol–water partition coefficient (Wildman–Crippen LogP) is 0.235. The van der Waals surface area contributed by atoms with E-state index in [1.54, 1.807) is 19.2 Å². The fraction of sp³-hybridized carbons (Fsp3) is 0.316. The number of carbonyl (C=O) groups excluding carboxylic acids is 1. The van der Waals surface area contributed by atoms with E-state index in [1.807, 2.05) is 38.2 Å². The van der Waals surface area contributed by atoms with Gasteiger partial charge in [-0.25, -0.2) is 13.6 Å². The lowest BCUT2D eigenvalue weighted by Gasteiger charge is -2.18. The third-order valence-corrected chi connectivity index (χ3v) is 5.12. The molecule has 0 radical (unpaired) electrons. The smallest absolute Gasteiger partial charge is 0.275 e. The average molecular weight is 393 g/mol. The van der Waals surface area contributed by atoms with Crippen molar-refractivity contribution in [3.8, 4) is 5.75 Å². The summed E-state index contributed by atoms with van der Waals surface area (Å²) in [4.78, 5) is 13.4. The Balaban J connectivity index is 1.90. The molecular weight excluding hydrogens is 366 g/mol. The Morgan fingerprint density at radius 3 is 2.48 bits per heavy atom. The van der Waals surface area contributed by atoms with E-state index in [9.17, 15) is 13.2 Å². The van der Waals surface area contributed by atoms with Crippen molar-refractivity contribution in [3.05, 3.63) is 59.7 Å². The number of amides is 1. The number of sulfonamides is 1. The molecular formula is C19H26N3O4S+. The average Bonchev–Trinajstić information content (AvgIpc) is 2.60. The standard InChI is InChI=1S/C19H25N3O4S/c1-14(16-7-9-18(10-8-16)27(20,24)25)21-19(23)13-22(2)12-15-5-4-6-17(11-15)26-3/h4-11,14H,12-13H2,1-3H3,(H,21,23)(H2,20,24,25)/p+1/t14-/m1/s1. The number of quaternary nitrogens is 1. The van der Waals surface area contributed by atoms with Crippen LogP contribution in [-0.2, 0) is 21.4 Å². The Morgan fingerprint density at radius 1 is 1.22 bits per heavy atom. The van der Waals surface area contributed by atoms with Gasteiger partial charge in [-0.3, -0.25) is 4.79 Å². The second-order valence-electron chi connectivity index (χ2n) is 6.57. The van der Waals surface area contributed by atoms with E-state index in [-0.39, 0.29) is 16.8 Å². The molecule has 0 aliphatic rings. The number of carbonyl (C=O) groups is 1. The summed E-state index contributed by atoms with van der Waals surface area (Å²) >= 11 is 0. The number of hydrogen-bond acceptors (Lipinski definition) is 4. The van der Waals surface area contributed by atoms with Gasteiger partial charge in [0.2, 0.25) is 10.0 Å². The zero-order valence-electron chi connectivity index (χ0n) is 15.7. The summed E-state index contributed by atoms with van der Waals surface area (Å²) in [5.41, 5.74) is 1.90. The second kappa shape index (κ2) is 8.98. The van der Waals surface area contributed by atoms with Gasteiger partial charge in [0.25, 0.3) is 5.91 Å². The molecule has 0 heterocycles. The molecule has 0 aliphatic carbocycles. The van der Waals surface area contributed by atoms with Crippen molar-refractivity contribution in [1.82, 2.24) is 5.32 Å². The van der Waals surface area contributed by atoms with Crippen LogP contribution in [0.3, 0.4) is 0 Å². The fourth-order valence-corrected chi connectivity index (χ4v) is 3.30. The van der Waals surface area contributed by atoms with Crippen LogP contribution in [0, 0.1) is 0 Å². The largest absolute Gasteiger partial charge is 0.497 e. The highest BCUT2D eigenvalue weighted by Crippen LogP contribution is 2.15. The molecule has 2 aromatic carbocycles. The zero-order valence-corrected chi connectivity index (χ0v) is 16.5. The normalized spacial score (nSPS) is 13.6. The van der Waals surface area contributed by atoms with Crippen molar-refractivity contribution in [3.63, 3.8) is 0 Å². The van der Waals surface area contributed by atoms with Crippen LogP contribution in [0.25, 0.3) is 0 Å². The van der Waals surface area contributed by atoms with Gasteiger partial charge in [0.05, 0.1) is 25.1 Å². The first-order valence-electron chi connectivity index (χ1n) is 8.55. The molecule has 1 unspecified atom stereocenters. The van der Waals surface area contributed by atoms with Gasteiger partial charge in [-0.05, 0) is 36.8 Å². The van der Waals surface area contributed by atoms with Gasteiger partial charge in [0.15, 0.2) is 6.54 Å². The molecule has 1 amide bonds. The first-order valence-corrected chi connectivity index (χ1v) is 10.1. The maximum atomic E-state index is 12.3. The van der Waals surface area contributed by atoms with Crippen LogP contribution in [0.2, 0.25) is 0 Å². The van der Waals surface area contributed by atoms with E-state index >= 15 is 0 Å². The number of nitrogens with two attached hydrogens (primary N) is 1. The summed E-state index contributed by atoms with van der Waals surface area (Å²) < 4.78 is 27.8. The molecule has 0 saturated carbocycles. The number of methoxy groups -OCH3 is 1. The van der Waals surface area contributed by atoms with Crippen molar-refractivity contribution in [1.29, 1.82) is 0 Å². The lowest BCUT2D eigenvalue weighted by atomic mass is 10.1. The predicted molar refractivity (Wildman–Crippen MR) is 103 cm³/mol. The molecule has 8 heteroatoms. The molecule has 2 rings (SSSR count). The molecule has 2 aromatic rings. The van der Waals surface area contributed by atoms with Crippen molar-refractivity contribution in [2.45, 2.75) is 24.4 Å². The van der Waals surface area contributed by atoms with E-state index < -0.39 is 10.0 Å². The number of nitrogens with one attached hydrogen (secondary N) is 2. The lowest BCUT2D eigenvalue weighted by molar-refractivity contribution is -0.885. The first kappa shape index (κ1) is 20.9. The molecule has 7 nitrogen and oxygen atoms in total. The zero-order chi connectivity index (χ0) is 20.0. The van der Waals surface area contributed by atoms with Crippen molar-refractivity contribution >= 4 is 15.9 Å². The van der Waals surface area contributed by atoms with Gasteiger partial charge < -0.3 is 15.0 Å². The molecule has 0 bridgehead atoms. The number of benzene rings is 2. The van der Waals surface area contributed by atoms with E-state index in [1.165, 1.54) is 12.1 Å². The van der Waals surface area contributed by atoms with Gasteiger partial charge >= 0.3 is 0 Å². The molecule has 4 N–H and O–H groups in total. The Hall–Kier alpha value is -2.42. The van der Waals surface area contributed by atoms with Crippen LogP contribution in [-0.4, -0.2) is 35.0 Å². The third-order valence-electron chi connectivity index (χ3n) is 4.19. The molecule has 0 spiro atoms. The van der Waals surface area contributed by atoms with Crippen LogP contribution in [0.15, 0.2) is 53.4 Å². The van der Waals surface area contributed by atoms with E-state index in [0.29, 0.717) is 13.1 Å². The summed E-state index contributed by atoms with van der Waals surface area (Å²) in [6.07, 6.45) is 0. The Morgan fingerprint density at radius 2 is 1.89 bits per heavy atom. The Bertz CT molecular complexity index is 882. The molecule has 27 heavy (non-hydrogen) atoms. The minimum absolute atomic E-state index is 0.0484. The maximum absolute atomic E-state index is 12.3. The van der Waals surface area contributed by atoms with Crippen LogP contribution in [0.1, 0.15) is 24.1 Å². The summed E-state index contributed by atoms with van der Waals surface area (Å²) in [5.74, 6) is 0.708. The highest BCUT2D eigenvalue weighted by atomic mass is 32.2.